The van der Waals surface area contributed by atoms with Gasteiger partial charge in [0.2, 0.25) is 0 Å². The lowest BCUT2D eigenvalue weighted by atomic mass is 10.1. The summed E-state index contributed by atoms with van der Waals surface area (Å²) in [5.74, 6) is -0.0831. The quantitative estimate of drug-likeness (QED) is 0.754. The van der Waals surface area contributed by atoms with Gasteiger partial charge in [-0.05, 0) is 18.9 Å². The highest BCUT2D eigenvalue weighted by Gasteiger charge is 2.34. The van der Waals surface area contributed by atoms with Crippen LogP contribution >= 0.6 is 0 Å². The Bertz CT molecular complexity index is 419. The number of hydrogen-bond acceptors (Lipinski definition) is 3. The van der Waals surface area contributed by atoms with Crippen LogP contribution in [-0.4, -0.2) is 34.2 Å². The number of unbranched alkanes of at least 4 members (excludes halogenated alkanes) is 3. The number of rotatable bonds is 6. The van der Waals surface area contributed by atoms with Gasteiger partial charge in [0, 0.05) is 24.3 Å². The van der Waals surface area contributed by atoms with Crippen molar-refractivity contribution in [1.29, 1.82) is 0 Å². The molecule has 1 aliphatic rings. The predicted octanol–water partition coefficient (Wildman–Crippen LogP) is 1.69. The summed E-state index contributed by atoms with van der Waals surface area (Å²) in [6.07, 6.45) is 2.79. The standard InChI is InChI=1S/C14H19NO3/c16-10-6-2-1-5-9-15-13(17)11-7-3-4-8-12(11)14(15)18/h3-4,7-8,13,16-17H,1-2,5-6,9-10H2/t13-/m1/s1. The molecule has 1 amide bonds. The molecule has 2 N–H and O–H groups in total. The molecule has 0 bridgehead atoms. The minimum Gasteiger partial charge on any atom is -0.396 e. The lowest BCUT2D eigenvalue weighted by Crippen LogP contribution is -2.28. The molecule has 1 aliphatic heterocycles. The van der Waals surface area contributed by atoms with Crippen molar-refractivity contribution >= 4 is 5.91 Å². The van der Waals surface area contributed by atoms with Gasteiger partial charge < -0.3 is 15.1 Å². The SMILES string of the molecule is O=C1c2ccccc2[C@@H](O)N1CCCCCCO. The third kappa shape index (κ3) is 2.54. The van der Waals surface area contributed by atoms with E-state index in [0.29, 0.717) is 17.7 Å². The number of amides is 1. The van der Waals surface area contributed by atoms with E-state index in [1.54, 1.807) is 12.1 Å². The Hall–Kier alpha value is -1.39. The van der Waals surface area contributed by atoms with Gasteiger partial charge in [0.25, 0.3) is 5.91 Å². The molecule has 2 rings (SSSR count). The van der Waals surface area contributed by atoms with Crippen molar-refractivity contribution in [2.45, 2.75) is 31.9 Å². The number of carbonyl (C=O) groups excluding carboxylic acids is 1. The Balaban J connectivity index is 1.90. The van der Waals surface area contributed by atoms with Crippen LogP contribution in [-0.2, 0) is 0 Å². The van der Waals surface area contributed by atoms with Gasteiger partial charge in [0.1, 0.15) is 0 Å². The Kier molecular flexibility index (Phi) is 4.33. The minimum absolute atomic E-state index is 0.0831. The number of hydrogen-bond donors (Lipinski definition) is 2. The smallest absolute Gasteiger partial charge is 0.256 e. The van der Waals surface area contributed by atoms with Crippen LogP contribution in [0.3, 0.4) is 0 Å². The topological polar surface area (TPSA) is 60.8 Å². The van der Waals surface area contributed by atoms with Crippen LogP contribution in [0.5, 0.6) is 0 Å². The number of nitrogens with zero attached hydrogens (tertiary/aromatic N) is 1. The van der Waals surface area contributed by atoms with E-state index < -0.39 is 6.23 Å². The molecule has 4 nitrogen and oxygen atoms in total. The molecule has 0 fully saturated rings. The molecule has 1 heterocycles. The first-order valence-corrected chi connectivity index (χ1v) is 6.44. The van der Waals surface area contributed by atoms with Gasteiger partial charge >= 0.3 is 0 Å². The highest BCUT2D eigenvalue weighted by molar-refractivity contribution is 5.98. The Morgan fingerprint density at radius 3 is 2.56 bits per heavy atom. The van der Waals surface area contributed by atoms with Gasteiger partial charge in [-0.1, -0.05) is 31.0 Å². The number of carbonyl (C=O) groups is 1. The summed E-state index contributed by atoms with van der Waals surface area (Å²) in [6, 6.07) is 7.20. The zero-order valence-electron chi connectivity index (χ0n) is 10.4. The molecule has 1 atom stereocenters. The van der Waals surface area contributed by atoms with Crippen molar-refractivity contribution in [3.8, 4) is 0 Å². The molecular weight excluding hydrogens is 230 g/mol. The van der Waals surface area contributed by atoms with E-state index in [9.17, 15) is 9.90 Å². The first-order valence-electron chi connectivity index (χ1n) is 6.44. The van der Waals surface area contributed by atoms with Gasteiger partial charge in [-0.25, -0.2) is 0 Å². The molecule has 0 aliphatic carbocycles. The second-order valence-corrected chi connectivity index (χ2v) is 4.60. The molecule has 1 aromatic rings. The zero-order valence-corrected chi connectivity index (χ0v) is 10.4. The maximum absolute atomic E-state index is 12.1. The van der Waals surface area contributed by atoms with Gasteiger partial charge in [0.05, 0.1) is 0 Å². The Morgan fingerprint density at radius 1 is 1.11 bits per heavy atom. The van der Waals surface area contributed by atoms with Crippen LogP contribution in [0.1, 0.15) is 47.8 Å². The van der Waals surface area contributed by atoms with E-state index in [0.717, 1.165) is 25.7 Å². The fraction of sp³-hybridized carbons (Fsp3) is 0.500. The number of benzene rings is 1. The van der Waals surface area contributed by atoms with Gasteiger partial charge in [-0.15, -0.1) is 0 Å². The van der Waals surface area contributed by atoms with Crippen LogP contribution in [0.4, 0.5) is 0 Å². The maximum atomic E-state index is 12.1. The Morgan fingerprint density at radius 2 is 1.83 bits per heavy atom. The normalized spacial score (nSPS) is 18.2. The summed E-state index contributed by atoms with van der Waals surface area (Å²) in [5, 5.41) is 18.8. The molecule has 4 heteroatoms. The molecule has 0 radical (unpaired) electrons. The fourth-order valence-corrected chi connectivity index (χ4v) is 2.32. The molecule has 1 aromatic carbocycles. The first kappa shape index (κ1) is 13.1. The number of aliphatic hydroxyl groups excluding tert-OH is 2. The Labute approximate surface area is 107 Å². The lowest BCUT2D eigenvalue weighted by molar-refractivity contribution is 0.0169. The van der Waals surface area contributed by atoms with Crippen molar-refractivity contribution in [3.63, 3.8) is 0 Å². The van der Waals surface area contributed by atoms with Crippen LogP contribution in [0.25, 0.3) is 0 Å². The average Bonchev–Trinajstić information content (AvgIpc) is 2.64. The predicted molar refractivity (Wildman–Crippen MR) is 68.0 cm³/mol. The average molecular weight is 249 g/mol. The minimum atomic E-state index is -0.799. The molecule has 0 unspecified atom stereocenters. The highest BCUT2D eigenvalue weighted by atomic mass is 16.3. The van der Waals surface area contributed by atoms with Gasteiger partial charge in [0.15, 0.2) is 6.23 Å². The van der Waals surface area contributed by atoms with E-state index in [1.807, 2.05) is 12.1 Å². The van der Waals surface area contributed by atoms with Crippen molar-refractivity contribution in [2.75, 3.05) is 13.2 Å². The molecule has 0 saturated carbocycles. The third-order valence-corrected chi connectivity index (χ3v) is 3.33. The van der Waals surface area contributed by atoms with Crippen molar-refractivity contribution in [1.82, 2.24) is 4.90 Å². The van der Waals surface area contributed by atoms with Crippen LogP contribution in [0.2, 0.25) is 0 Å². The second kappa shape index (κ2) is 5.98. The first-order chi connectivity index (χ1) is 8.75. The zero-order chi connectivity index (χ0) is 13.0. The van der Waals surface area contributed by atoms with E-state index in [1.165, 1.54) is 4.90 Å². The summed E-state index contributed by atoms with van der Waals surface area (Å²) >= 11 is 0. The molecule has 0 saturated heterocycles. The maximum Gasteiger partial charge on any atom is 0.256 e. The summed E-state index contributed by atoms with van der Waals surface area (Å²) < 4.78 is 0. The number of aliphatic hydroxyl groups is 2. The van der Waals surface area contributed by atoms with Gasteiger partial charge in [-0.2, -0.15) is 0 Å². The molecule has 0 spiro atoms. The number of fused-ring (bicyclic) bond motifs is 1. The summed E-state index contributed by atoms with van der Waals surface area (Å²) in [7, 11) is 0. The summed E-state index contributed by atoms with van der Waals surface area (Å²) in [5.41, 5.74) is 1.32. The summed E-state index contributed by atoms with van der Waals surface area (Å²) in [4.78, 5) is 13.6. The van der Waals surface area contributed by atoms with Crippen LogP contribution in [0.15, 0.2) is 24.3 Å². The van der Waals surface area contributed by atoms with Crippen molar-refractivity contribution in [2.24, 2.45) is 0 Å². The van der Waals surface area contributed by atoms with E-state index in [-0.39, 0.29) is 12.5 Å². The van der Waals surface area contributed by atoms with E-state index >= 15 is 0 Å². The van der Waals surface area contributed by atoms with Crippen LogP contribution in [0, 0.1) is 0 Å². The fourth-order valence-electron chi connectivity index (χ4n) is 2.32. The molecular formula is C14H19NO3. The van der Waals surface area contributed by atoms with Crippen molar-refractivity contribution in [3.05, 3.63) is 35.4 Å². The monoisotopic (exact) mass is 249 g/mol. The molecule has 0 aromatic heterocycles. The van der Waals surface area contributed by atoms with E-state index in [4.69, 9.17) is 5.11 Å². The second-order valence-electron chi connectivity index (χ2n) is 4.60. The van der Waals surface area contributed by atoms with E-state index in [2.05, 4.69) is 0 Å². The largest absolute Gasteiger partial charge is 0.396 e. The summed E-state index contributed by atoms with van der Waals surface area (Å²) in [6.45, 7) is 0.789. The van der Waals surface area contributed by atoms with Gasteiger partial charge in [-0.3, -0.25) is 4.79 Å². The van der Waals surface area contributed by atoms with Crippen LogP contribution < -0.4 is 0 Å². The third-order valence-electron chi connectivity index (χ3n) is 3.33. The lowest BCUT2D eigenvalue weighted by Gasteiger charge is -2.20. The molecule has 18 heavy (non-hydrogen) atoms. The molecule has 98 valence electrons. The highest BCUT2D eigenvalue weighted by Crippen LogP contribution is 2.31. The van der Waals surface area contributed by atoms with Crippen molar-refractivity contribution < 1.29 is 15.0 Å².